The van der Waals surface area contributed by atoms with Gasteiger partial charge >= 0.3 is 0 Å². The summed E-state index contributed by atoms with van der Waals surface area (Å²) in [6, 6.07) is 9.36. The molecule has 0 heterocycles. The van der Waals surface area contributed by atoms with Crippen LogP contribution in [0.15, 0.2) is 46.0 Å². The van der Waals surface area contributed by atoms with Crippen LogP contribution in [0.1, 0.15) is 24.5 Å². The molecule has 2 aromatic rings. The number of nitrogens with zero attached hydrogens (tertiary/aromatic N) is 1. The number of benzene rings is 2. The molecule has 7 heteroatoms. The minimum Gasteiger partial charge on any atom is -0.493 e. The van der Waals surface area contributed by atoms with E-state index in [1.165, 1.54) is 18.3 Å². The topological polar surface area (TPSA) is 59.9 Å². The maximum atomic E-state index is 12.9. The van der Waals surface area contributed by atoms with Gasteiger partial charge in [0, 0.05) is 0 Å². The van der Waals surface area contributed by atoms with Crippen molar-refractivity contribution in [1.82, 2.24) is 5.43 Å². The molecule has 0 bridgehead atoms. The summed E-state index contributed by atoms with van der Waals surface area (Å²) in [4.78, 5) is 11.9. The molecule has 0 aliphatic heterocycles. The zero-order chi connectivity index (χ0) is 18.9. The van der Waals surface area contributed by atoms with E-state index in [2.05, 4.69) is 26.5 Å². The SMILES string of the molecule is CCCOc1c(Br)cc(/C=N/NC(=O)Cc2ccc(F)cc2)cc1OC. The van der Waals surface area contributed by atoms with Crippen molar-refractivity contribution in [2.45, 2.75) is 19.8 Å². The average molecular weight is 423 g/mol. The fourth-order valence-corrected chi connectivity index (χ4v) is 2.74. The van der Waals surface area contributed by atoms with E-state index < -0.39 is 0 Å². The number of halogens is 2. The van der Waals surface area contributed by atoms with Crippen molar-refractivity contribution in [3.63, 3.8) is 0 Å². The van der Waals surface area contributed by atoms with Crippen LogP contribution in [0.5, 0.6) is 11.5 Å². The molecule has 0 saturated heterocycles. The van der Waals surface area contributed by atoms with Gasteiger partial charge in [-0.05, 0) is 57.7 Å². The predicted molar refractivity (Wildman–Crippen MR) is 102 cm³/mol. The highest BCUT2D eigenvalue weighted by Gasteiger charge is 2.11. The molecule has 5 nitrogen and oxygen atoms in total. The summed E-state index contributed by atoms with van der Waals surface area (Å²) >= 11 is 3.46. The maximum absolute atomic E-state index is 12.9. The molecular formula is C19H20BrFN2O3. The fourth-order valence-electron chi connectivity index (χ4n) is 2.16. The first-order chi connectivity index (χ1) is 12.5. The van der Waals surface area contributed by atoms with Crippen LogP contribution in [0.2, 0.25) is 0 Å². The number of hydrogen-bond acceptors (Lipinski definition) is 4. The lowest BCUT2D eigenvalue weighted by Crippen LogP contribution is -2.19. The van der Waals surface area contributed by atoms with Gasteiger partial charge in [-0.1, -0.05) is 19.1 Å². The quantitative estimate of drug-likeness (QED) is 0.514. The minimum atomic E-state index is -0.335. The van der Waals surface area contributed by atoms with E-state index in [4.69, 9.17) is 9.47 Å². The third-order valence-electron chi connectivity index (χ3n) is 3.38. The first-order valence-corrected chi connectivity index (χ1v) is 8.89. The van der Waals surface area contributed by atoms with E-state index in [-0.39, 0.29) is 18.1 Å². The van der Waals surface area contributed by atoms with Crippen molar-refractivity contribution in [2.75, 3.05) is 13.7 Å². The van der Waals surface area contributed by atoms with Crippen LogP contribution in [-0.2, 0) is 11.2 Å². The standard InChI is InChI=1S/C19H20BrFN2O3/c1-3-8-26-19-16(20)9-14(10-17(19)25-2)12-22-23-18(24)11-13-4-6-15(21)7-5-13/h4-7,9-10,12H,3,8,11H2,1-2H3,(H,23,24)/b22-12+. The van der Waals surface area contributed by atoms with Crippen molar-refractivity contribution in [3.05, 3.63) is 57.8 Å². The smallest absolute Gasteiger partial charge is 0.244 e. The van der Waals surface area contributed by atoms with Crippen molar-refractivity contribution in [2.24, 2.45) is 5.10 Å². The monoisotopic (exact) mass is 422 g/mol. The number of rotatable bonds is 8. The van der Waals surface area contributed by atoms with Crippen LogP contribution < -0.4 is 14.9 Å². The molecule has 0 aliphatic rings. The molecule has 2 aromatic carbocycles. The minimum absolute atomic E-state index is 0.119. The molecule has 1 amide bonds. The normalized spacial score (nSPS) is 10.8. The number of nitrogens with one attached hydrogen (secondary N) is 1. The highest BCUT2D eigenvalue weighted by atomic mass is 79.9. The lowest BCUT2D eigenvalue weighted by Gasteiger charge is -2.12. The molecule has 1 N–H and O–H groups in total. The summed E-state index contributed by atoms with van der Waals surface area (Å²) in [5, 5.41) is 3.95. The Labute approximate surface area is 160 Å². The van der Waals surface area contributed by atoms with E-state index >= 15 is 0 Å². The van der Waals surface area contributed by atoms with Gasteiger partial charge in [0.05, 0.1) is 30.8 Å². The molecule has 26 heavy (non-hydrogen) atoms. The molecule has 0 aliphatic carbocycles. The Kier molecular flexibility index (Phi) is 7.59. The van der Waals surface area contributed by atoms with Crippen molar-refractivity contribution in [3.8, 4) is 11.5 Å². The molecule has 0 atom stereocenters. The van der Waals surface area contributed by atoms with E-state index in [1.54, 1.807) is 25.3 Å². The Balaban J connectivity index is 1.99. The van der Waals surface area contributed by atoms with Crippen LogP contribution in [0.3, 0.4) is 0 Å². The summed E-state index contributed by atoms with van der Waals surface area (Å²) in [7, 11) is 1.56. The molecule has 0 unspecified atom stereocenters. The average Bonchev–Trinajstić information content (AvgIpc) is 2.62. The highest BCUT2D eigenvalue weighted by molar-refractivity contribution is 9.10. The Bertz CT molecular complexity index is 779. The highest BCUT2D eigenvalue weighted by Crippen LogP contribution is 2.36. The molecule has 0 radical (unpaired) electrons. The zero-order valence-corrected chi connectivity index (χ0v) is 16.2. The van der Waals surface area contributed by atoms with Crippen molar-refractivity contribution < 1.29 is 18.7 Å². The third kappa shape index (κ3) is 5.84. The number of carbonyl (C=O) groups excluding carboxylic acids is 1. The second-order valence-corrected chi connectivity index (χ2v) is 6.33. The van der Waals surface area contributed by atoms with Gasteiger partial charge in [0.2, 0.25) is 5.91 Å². The molecule has 0 fully saturated rings. The van der Waals surface area contributed by atoms with Crippen LogP contribution in [0, 0.1) is 5.82 Å². The summed E-state index contributed by atoms with van der Waals surface area (Å²) in [6.07, 6.45) is 2.52. The van der Waals surface area contributed by atoms with Gasteiger partial charge < -0.3 is 9.47 Å². The molecular weight excluding hydrogens is 403 g/mol. The maximum Gasteiger partial charge on any atom is 0.244 e. The summed E-state index contributed by atoms with van der Waals surface area (Å²) < 4.78 is 24.6. The van der Waals surface area contributed by atoms with Crippen LogP contribution in [-0.4, -0.2) is 25.8 Å². The second kappa shape index (κ2) is 9.91. The van der Waals surface area contributed by atoms with Gasteiger partial charge in [-0.25, -0.2) is 9.82 Å². The van der Waals surface area contributed by atoms with Crippen molar-refractivity contribution in [1.29, 1.82) is 0 Å². The van der Waals surface area contributed by atoms with Crippen LogP contribution in [0.25, 0.3) is 0 Å². The fraction of sp³-hybridized carbons (Fsp3) is 0.263. The summed E-state index contributed by atoms with van der Waals surface area (Å²) in [5.74, 6) is 0.582. The van der Waals surface area contributed by atoms with Gasteiger partial charge in [0.15, 0.2) is 11.5 Å². The van der Waals surface area contributed by atoms with E-state index in [1.807, 2.05) is 13.0 Å². The van der Waals surface area contributed by atoms with E-state index in [9.17, 15) is 9.18 Å². The van der Waals surface area contributed by atoms with Crippen molar-refractivity contribution >= 4 is 28.1 Å². The third-order valence-corrected chi connectivity index (χ3v) is 3.97. The molecule has 138 valence electrons. The van der Waals surface area contributed by atoms with Gasteiger partial charge in [-0.3, -0.25) is 4.79 Å². The second-order valence-electron chi connectivity index (χ2n) is 5.48. The number of hydrogen-bond donors (Lipinski definition) is 1. The Morgan fingerprint density at radius 3 is 2.69 bits per heavy atom. The van der Waals surface area contributed by atoms with Gasteiger partial charge in [-0.15, -0.1) is 0 Å². The first-order valence-electron chi connectivity index (χ1n) is 8.10. The molecule has 0 aromatic heterocycles. The number of carbonyl (C=O) groups is 1. The van der Waals surface area contributed by atoms with Gasteiger partial charge in [0.1, 0.15) is 5.82 Å². The van der Waals surface area contributed by atoms with E-state index in [0.717, 1.165) is 16.5 Å². The van der Waals surface area contributed by atoms with E-state index in [0.29, 0.717) is 23.7 Å². The first kappa shape index (κ1) is 19.9. The van der Waals surface area contributed by atoms with Crippen LogP contribution >= 0.6 is 15.9 Å². The van der Waals surface area contributed by atoms with Gasteiger partial charge in [-0.2, -0.15) is 5.10 Å². The Morgan fingerprint density at radius 2 is 2.04 bits per heavy atom. The molecule has 0 spiro atoms. The number of ether oxygens (including phenoxy) is 2. The Hall–Kier alpha value is -2.41. The van der Waals surface area contributed by atoms with Gasteiger partial charge in [0.25, 0.3) is 0 Å². The lowest BCUT2D eigenvalue weighted by atomic mass is 10.1. The number of amides is 1. The predicted octanol–water partition coefficient (Wildman–Crippen LogP) is 4.08. The molecule has 2 rings (SSSR count). The number of hydrazone groups is 1. The Morgan fingerprint density at radius 1 is 1.31 bits per heavy atom. The summed E-state index contributed by atoms with van der Waals surface area (Å²) in [6.45, 7) is 2.61. The molecule has 0 saturated carbocycles. The summed E-state index contributed by atoms with van der Waals surface area (Å²) in [5.41, 5.74) is 3.89. The van der Waals surface area contributed by atoms with Crippen LogP contribution in [0.4, 0.5) is 4.39 Å². The lowest BCUT2D eigenvalue weighted by molar-refractivity contribution is -0.120. The largest absolute Gasteiger partial charge is 0.493 e. The zero-order valence-electron chi connectivity index (χ0n) is 14.6. The number of methoxy groups -OCH3 is 1.